The van der Waals surface area contributed by atoms with Gasteiger partial charge in [0.25, 0.3) is 11.6 Å². The number of carbonyl (C=O) groups is 2. The number of amides is 2. The molecule has 0 aromatic heterocycles. The molecule has 0 saturated carbocycles. The fourth-order valence-corrected chi connectivity index (χ4v) is 5.04. The van der Waals surface area contributed by atoms with Crippen LogP contribution >= 0.6 is 11.8 Å². The van der Waals surface area contributed by atoms with Crippen molar-refractivity contribution in [1.82, 2.24) is 0 Å². The van der Waals surface area contributed by atoms with E-state index in [1.807, 2.05) is 18.2 Å². The number of nitro benzene ring substituents is 1. The van der Waals surface area contributed by atoms with Crippen molar-refractivity contribution in [1.29, 1.82) is 0 Å². The van der Waals surface area contributed by atoms with Gasteiger partial charge in [-0.1, -0.05) is 26.0 Å². The van der Waals surface area contributed by atoms with E-state index in [0.29, 0.717) is 42.4 Å². The Hall–Kier alpha value is -3.07. The fraction of sp³-hybridized carbons (Fsp3) is 0.417. The minimum absolute atomic E-state index is 0.0572. The zero-order chi connectivity index (χ0) is 24.0. The molecule has 2 aromatic carbocycles. The number of hydrogen-bond donors (Lipinski definition) is 2. The molecule has 1 heterocycles. The number of nitrogens with two attached hydrogens (primary N) is 1. The number of primary amides is 1. The maximum atomic E-state index is 13.0. The zero-order valence-electron chi connectivity index (χ0n) is 19.0. The number of benzene rings is 2. The summed E-state index contributed by atoms with van der Waals surface area (Å²) in [5.41, 5.74) is 7.08. The molecule has 33 heavy (non-hydrogen) atoms. The van der Waals surface area contributed by atoms with E-state index in [0.717, 1.165) is 17.9 Å². The predicted molar refractivity (Wildman–Crippen MR) is 132 cm³/mol. The average Bonchev–Trinajstić information content (AvgIpc) is 2.79. The number of piperidine rings is 1. The van der Waals surface area contributed by atoms with Gasteiger partial charge in [-0.15, -0.1) is 11.8 Å². The van der Waals surface area contributed by atoms with Gasteiger partial charge in [0, 0.05) is 30.6 Å². The lowest BCUT2D eigenvalue weighted by Gasteiger charge is -2.33. The molecule has 8 nitrogen and oxygen atoms in total. The van der Waals surface area contributed by atoms with Gasteiger partial charge in [-0.3, -0.25) is 19.7 Å². The third-order valence-electron chi connectivity index (χ3n) is 5.76. The van der Waals surface area contributed by atoms with Crippen molar-refractivity contribution in [3.8, 4) is 0 Å². The molecule has 0 bridgehead atoms. The molecule has 1 fully saturated rings. The first kappa shape index (κ1) is 24.6. The summed E-state index contributed by atoms with van der Waals surface area (Å²) < 4.78 is 0. The first-order valence-electron chi connectivity index (χ1n) is 11.1. The van der Waals surface area contributed by atoms with Crippen LogP contribution in [0.3, 0.4) is 0 Å². The highest BCUT2D eigenvalue weighted by molar-refractivity contribution is 7.99. The summed E-state index contributed by atoms with van der Waals surface area (Å²) in [5, 5.41) is 14.5. The third-order valence-corrected chi connectivity index (χ3v) is 6.86. The monoisotopic (exact) mass is 470 g/mol. The number of para-hydroxylation sites is 2. The van der Waals surface area contributed by atoms with Crippen molar-refractivity contribution in [2.75, 3.05) is 29.1 Å². The van der Waals surface area contributed by atoms with Gasteiger partial charge >= 0.3 is 0 Å². The van der Waals surface area contributed by atoms with E-state index in [9.17, 15) is 19.7 Å². The van der Waals surface area contributed by atoms with Crippen molar-refractivity contribution in [2.24, 2.45) is 17.6 Å². The first-order chi connectivity index (χ1) is 15.8. The lowest BCUT2D eigenvalue weighted by Crippen LogP contribution is -2.38. The van der Waals surface area contributed by atoms with Crippen molar-refractivity contribution in [2.45, 2.75) is 38.0 Å². The van der Waals surface area contributed by atoms with Gasteiger partial charge in [-0.25, -0.2) is 0 Å². The lowest BCUT2D eigenvalue weighted by molar-refractivity contribution is -0.387. The first-order valence-corrected chi connectivity index (χ1v) is 12.1. The smallest absolute Gasteiger partial charge is 0.283 e. The Morgan fingerprint density at radius 1 is 1.21 bits per heavy atom. The minimum atomic E-state index is -0.439. The number of hydrogen-bond acceptors (Lipinski definition) is 6. The third kappa shape index (κ3) is 6.47. The Kier molecular flexibility index (Phi) is 8.32. The van der Waals surface area contributed by atoms with E-state index in [4.69, 9.17) is 5.73 Å². The topological polar surface area (TPSA) is 119 Å². The second kappa shape index (κ2) is 11.2. The summed E-state index contributed by atoms with van der Waals surface area (Å²) in [7, 11) is 0. The quantitative estimate of drug-likeness (QED) is 0.312. The van der Waals surface area contributed by atoms with E-state index in [1.165, 1.54) is 17.8 Å². The molecule has 0 spiro atoms. The van der Waals surface area contributed by atoms with E-state index in [-0.39, 0.29) is 23.1 Å². The zero-order valence-corrected chi connectivity index (χ0v) is 19.8. The molecule has 0 radical (unpaired) electrons. The van der Waals surface area contributed by atoms with Gasteiger partial charge < -0.3 is 16.0 Å². The van der Waals surface area contributed by atoms with Crippen LogP contribution in [0.4, 0.5) is 17.1 Å². The molecule has 2 aromatic rings. The van der Waals surface area contributed by atoms with Crippen LogP contribution in [0.5, 0.6) is 0 Å². The van der Waals surface area contributed by atoms with E-state index < -0.39 is 10.8 Å². The van der Waals surface area contributed by atoms with Gasteiger partial charge in [0.1, 0.15) is 0 Å². The number of anilines is 2. The minimum Gasteiger partial charge on any atom is -0.370 e. The van der Waals surface area contributed by atoms with Crippen molar-refractivity contribution in [3.05, 3.63) is 58.1 Å². The number of thioether (sulfide) groups is 1. The standard InChI is InChI=1S/C24H30N4O4S/c1-16(2)11-14-33-22-8-7-18(15-21(22)28(31)32)24(30)26-19-5-3-4-6-20(19)27-12-9-17(10-13-27)23(25)29/h3-8,15-17H,9-14H2,1-2H3,(H2,25,29)(H,26,30). The second-order valence-corrected chi connectivity index (χ2v) is 9.74. The maximum Gasteiger partial charge on any atom is 0.283 e. The van der Waals surface area contributed by atoms with Crippen LogP contribution < -0.4 is 16.0 Å². The molecule has 1 aliphatic rings. The Balaban J connectivity index is 1.74. The van der Waals surface area contributed by atoms with Crippen LogP contribution in [0.15, 0.2) is 47.4 Å². The predicted octanol–water partition coefficient (Wildman–Crippen LogP) is 4.69. The van der Waals surface area contributed by atoms with Crippen LogP contribution in [0, 0.1) is 22.0 Å². The Morgan fingerprint density at radius 2 is 1.91 bits per heavy atom. The number of nitrogens with zero attached hydrogens (tertiary/aromatic N) is 2. The van der Waals surface area contributed by atoms with Gasteiger partial charge in [0.05, 0.1) is 21.2 Å². The summed E-state index contributed by atoms with van der Waals surface area (Å²) in [4.78, 5) is 38.3. The SMILES string of the molecule is CC(C)CCSc1ccc(C(=O)Nc2ccccc2N2CCC(C(N)=O)CC2)cc1[N+](=O)[O-]. The van der Waals surface area contributed by atoms with Crippen molar-refractivity contribution < 1.29 is 14.5 Å². The fourth-order valence-electron chi connectivity index (χ4n) is 3.78. The largest absolute Gasteiger partial charge is 0.370 e. The van der Waals surface area contributed by atoms with E-state index in [2.05, 4.69) is 24.1 Å². The second-order valence-electron chi connectivity index (χ2n) is 8.61. The Bertz CT molecular complexity index is 1020. The summed E-state index contributed by atoms with van der Waals surface area (Å²) in [6.45, 7) is 5.54. The average molecular weight is 471 g/mol. The highest BCUT2D eigenvalue weighted by Gasteiger charge is 2.25. The molecular formula is C24H30N4O4S. The molecule has 0 unspecified atom stereocenters. The number of nitrogens with one attached hydrogen (secondary N) is 1. The summed E-state index contributed by atoms with van der Waals surface area (Å²) in [5.74, 6) is 0.493. The van der Waals surface area contributed by atoms with Crippen LogP contribution in [0.25, 0.3) is 0 Å². The normalized spacial score (nSPS) is 14.3. The van der Waals surface area contributed by atoms with Crippen molar-refractivity contribution in [3.63, 3.8) is 0 Å². The molecule has 1 aliphatic heterocycles. The van der Waals surface area contributed by atoms with Gasteiger partial charge in [-0.2, -0.15) is 0 Å². The Morgan fingerprint density at radius 3 is 2.55 bits per heavy atom. The van der Waals surface area contributed by atoms with Crippen LogP contribution in [-0.2, 0) is 4.79 Å². The molecule has 2 amide bonds. The molecule has 176 valence electrons. The van der Waals surface area contributed by atoms with E-state index >= 15 is 0 Å². The lowest BCUT2D eigenvalue weighted by atomic mass is 9.96. The number of rotatable bonds is 9. The molecule has 9 heteroatoms. The maximum absolute atomic E-state index is 13.0. The van der Waals surface area contributed by atoms with Crippen molar-refractivity contribution >= 4 is 40.6 Å². The number of carbonyl (C=O) groups excluding carboxylic acids is 2. The van der Waals surface area contributed by atoms with E-state index in [1.54, 1.807) is 18.2 Å². The van der Waals surface area contributed by atoms with Crippen LogP contribution in [0.1, 0.15) is 43.5 Å². The van der Waals surface area contributed by atoms with Crippen LogP contribution in [0.2, 0.25) is 0 Å². The number of nitro groups is 1. The highest BCUT2D eigenvalue weighted by Crippen LogP contribution is 2.33. The molecular weight excluding hydrogens is 440 g/mol. The molecule has 3 N–H and O–H groups in total. The highest BCUT2D eigenvalue weighted by atomic mass is 32.2. The van der Waals surface area contributed by atoms with Crippen LogP contribution in [-0.4, -0.2) is 35.6 Å². The van der Waals surface area contributed by atoms with Gasteiger partial charge in [0.15, 0.2) is 0 Å². The molecule has 0 atom stereocenters. The molecule has 3 rings (SSSR count). The summed E-state index contributed by atoms with van der Waals surface area (Å²) >= 11 is 1.44. The van der Waals surface area contributed by atoms with Gasteiger partial charge in [-0.05, 0) is 55.2 Å². The molecule has 1 saturated heterocycles. The molecule has 0 aliphatic carbocycles. The van der Waals surface area contributed by atoms with Gasteiger partial charge in [0.2, 0.25) is 5.91 Å². The summed E-state index contributed by atoms with van der Waals surface area (Å²) in [6.07, 6.45) is 2.29. The summed E-state index contributed by atoms with van der Waals surface area (Å²) in [6, 6.07) is 12.0. The Labute approximate surface area is 198 Å².